The van der Waals surface area contributed by atoms with Gasteiger partial charge in [0, 0.05) is 6.42 Å². The van der Waals surface area contributed by atoms with Crippen LogP contribution < -0.4 is 5.32 Å². The van der Waals surface area contributed by atoms with Gasteiger partial charge in [0.25, 0.3) is 11.8 Å². The Labute approximate surface area is 139 Å². The Balaban J connectivity index is 1.92. The predicted molar refractivity (Wildman–Crippen MR) is 86.4 cm³/mol. The predicted octanol–water partition coefficient (Wildman–Crippen LogP) is 2.21. The maximum absolute atomic E-state index is 12.6. The first-order valence-corrected chi connectivity index (χ1v) is 7.47. The number of benzene rings is 2. The summed E-state index contributed by atoms with van der Waals surface area (Å²) in [6.07, 6.45) is -1.23. The minimum atomic E-state index is -0.827. The Morgan fingerprint density at radius 3 is 2.08 bits per heavy atom. The Hall–Kier alpha value is -3.15. The van der Waals surface area contributed by atoms with Crippen molar-refractivity contribution in [1.29, 1.82) is 0 Å². The Bertz CT molecular complexity index is 754. The van der Waals surface area contributed by atoms with Crippen molar-refractivity contribution in [3.8, 4) is 0 Å². The maximum Gasteiger partial charge on any atom is 0.408 e. The number of nitrogens with one attached hydrogen (secondary N) is 1. The van der Waals surface area contributed by atoms with Crippen molar-refractivity contribution in [2.75, 3.05) is 7.11 Å². The lowest BCUT2D eigenvalue weighted by atomic mass is 10.1. The number of carbonyl (C=O) groups is 3. The fraction of sp³-hybridized carbons (Fsp3) is 0.167. The van der Waals surface area contributed by atoms with E-state index >= 15 is 0 Å². The fourth-order valence-corrected chi connectivity index (χ4v) is 2.73. The lowest BCUT2D eigenvalue weighted by Crippen LogP contribution is -2.52. The van der Waals surface area contributed by atoms with Gasteiger partial charge in [-0.3, -0.25) is 14.5 Å². The van der Waals surface area contributed by atoms with Crippen LogP contribution in [0.25, 0.3) is 0 Å². The molecule has 2 aromatic rings. The molecule has 1 unspecified atom stereocenters. The topological polar surface area (TPSA) is 75.7 Å². The third-order valence-electron chi connectivity index (χ3n) is 3.88. The number of alkyl carbamates (subject to hydrolysis) is 1. The normalized spacial score (nSPS) is 14.3. The average molecular weight is 324 g/mol. The van der Waals surface area contributed by atoms with Crippen molar-refractivity contribution in [3.63, 3.8) is 0 Å². The smallest absolute Gasteiger partial charge is 0.408 e. The molecule has 24 heavy (non-hydrogen) atoms. The van der Waals surface area contributed by atoms with E-state index in [1.807, 2.05) is 30.3 Å². The van der Waals surface area contributed by atoms with E-state index in [0.29, 0.717) is 17.5 Å². The van der Waals surface area contributed by atoms with Crippen molar-refractivity contribution in [2.24, 2.45) is 0 Å². The standard InChI is InChI=1S/C18H16N2O4/c1-24-18(23)19-15(11-12-7-3-2-4-8-12)20-16(21)13-9-5-6-10-14(13)17(20)22/h2-10,15H,11H2,1H3,(H,19,23). The summed E-state index contributed by atoms with van der Waals surface area (Å²) in [5, 5.41) is 2.58. The van der Waals surface area contributed by atoms with Crippen molar-refractivity contribution in [3.05, 3.63) is 71.3 Å². The summed E-state index contributed by atoms with van der Waals surface area (Å²) >= 11 is 0. The largest absolute Gasteiger partial charge is 0.453 e. The molecule has 2 aromatic carbocycles. The second-order valence-electron chi connectivity index (χ2n) is 5.37. The van der Waals surface area contributed by atoms with Gasteiger partial charge in [-0.15, -0.1) is 0 Å². The zero-order valence-corrected chi connectivity index (χ0v) is 13.1. The molecule has 3 rings (SSSR count). The second kappa shape index (κ2) is 6.54. The van der Waals surface area contributed by atoms with Crippen LogP contribution in [-0.4, -0.2) is 36.1 Å². The number of fused-ring (bicyclic) bond motifs is 1. The molecule has 1 aliphatic rings. The van der Waals surface area contributed by atoms with E-state index < -0.39 is 24.1 Å². The van der Waals surface area contributed by atoms with Gasteiger partial charge in [0.05, 0.1) is 18.2 Å². The summed E-state index contributed by atoms with van der Waals surface area (Å²) in [7, 11) is 1.23. The molecule has 3 amide bonds. The molecule has 1 heterocycles. The Morgan fingerprint density at radius 2 is 1.54 bits per heavy atom. The lowest BCUT2D eigenvalue weighted by Gasteiger charge is -2.26. The highest BCUT2D eigenvalue weighted by Crippen LogP contribution is 2.25. The molecule has 0 bridgehead atoms. The number of rotatable bonds is 4. The minimum absolute atomic E-state index is 0.293. The third kappa shape index (κ3) is 2.86. The van der Waals surface area contributed by atoms with Crippen molar-refractivity contribution < 1.29 is 19.1 Å². The van der Waals surface area contributed by atoms with Crippen LogP contribution in [0, 0.1) is 0 Å². The molecule has 1 aliphatic heterocycles. The van der Waals surface area contributed by atoms with E-state index in [4.69, 9.17) is 0 Å². The summed E-state index contributed by atoms with van der Waals surface area (Å²) < 4.78 is 4.63. The number of carbonyl (C=O) groups excluding carboxylic acids is 3. The number of ether oxygens (including phenoxy) is 1. The number of amides is 3. The number of imide groups is 1. The summed E-state index contributed by atoms with van der Waals surface area (Å²) in [4.78, 5) is 38.0. The van der Waals surface area contributed by atoms with Gasteiger partial charge < -0.3 is 10.1 Å². The number of methoxy groups -OCH3 is 1. The second-order valence-corrected chi connectivity index (χ2v) is 5.37. The van der Waals surface area contributed by atoms with Crippen LogP contribution in [0.1, 0.15) is 26.3 Å². The first-order valence-electron chi connectivity index (χ1n) is 7.47. The summed E-state index contributed by atoms with van der Waals surface area (Å²) in [5.74, 6) is -0.846. The first kappa shape index (κ1) is 15.7. The summed E-state index contributed by atoms with van der Waals surface area (Å²) in [6.45, 7) is 0. The molecule has 0 fully saturated rings. The molecule has 0 saturated carbocycles. The van der Waals surface area contributed by atoms with Crippen LogP contribution in [0.3, 0.4) is 0 Å². The molecule has 1 atom stereocenters. The molecule has 0 aromatic heterocycles. The van der Waals surface area contributed by atoms with Gasteiger partial charge in [-0.05, 0) is 17.7 Å². The summed E-state index contributed by atoms with van der Waals surface area (Å²) in [5.41, 5.74) is 1.56. The van der Waals surface area contributed by atoms with E-state index in [1.165, 1.54) is 7.11 Å². The highest BCUT2D eigenvalue weighted by Gasteiger charge is 2.40. The van der Waals surface area contributed by atoms with Gasteiger partial charge in [-0.1, -0.05) is 42.5 Å². The van der Waals surface area contributed by atoms with Crippen LogP contribution in [0.15, 0.2) is 54.6 Å². The van der Waals surface area contributed by atoms with Crippen molar-refractivity contribution in [2.45, 2.75) is 12.6 Å². The molecular weight excluding hydrogens is 308 g/mol. The van der Waals surface area contributed by atoms with Gasteiger partial charge in [0.15, 0.2) is 0 Å². The van der Waals surface area contributed by atoms with Crippen molar-refractivity contribution >= 4 is 17.9 Å². The van der Waals surface area contributed by atoms with E-state index in [2.05, 4.69) is 10.1 Å². The van der Waals surface area contributed by atoms with E-state index in [-0.39, 0.29) is 0 Å². The Morgan fingerprint density at radius 1 is 1.00 bits per heavy atom. The van der Waals surface area contributed by atoms with Gasteiger partial charge in [-0.25, -0.2) is 4.79 Å². The highest BCUT2D eigenvalue weighted by atomic mass is 16.5. The molecule has 0 aliphatic carbocycles. The van der Waals surface area contributed by atoms with E-state index in [9.17, 15) is 14.4 Å². The number of nitrogens with zero attached hydrogens (tertiary/aromatic N) is 1. The quantitative estimate of drug-likeness (QED) is 0.875. The van der Waals surface area contributed by atoms with Crippen LogP contribution in [0.4, 0.5) is 4.79 Å². The molecule has 122 valence electrons. The van der Waals surface area contributed by atoms with E-state index in [0.717, 1.165) is 10.5 Å². The summed E-state index contributed by atoms with van der Waals surface area (Å²) in [6, 6.07) is 15.9. The zero-order valence-electron chi connectivity index (χ0n) is 13.1. The monoisotopic (exact) mass is 324 g/mol. The van der Waals surface area contributed by atoms with Gasteiger partial charge in [0.1, 0.15) is 6.17 Å². The molecule has 1 N–H and O–H groups in total. The zero-order chi connectivity index (χ0) is 17.1. The van der Waals surface area contributed by atoms with Crippen LogP contribution >= 0.6 is 0 Å². The molecule has 6 nitrogen and oxygen atoms in total. The van der Waals surface area contributed by atoms with Gasteiger partial charge in [0.2, 0.25) is 0 Å². The highest BCUT2D eigenvalue weighted by molar-refractivity contribution is 6.21. The van der Waals surface area contributed by atoms with Gasteiger partial charge >= 0.3 is 6.09 Å². The number of hydrogen-bond donors (Lipinski definition) is 1. The van der Waals surface area contributed by atoms with Crippen molar-refractivity contribution in [1.82, 2.24) is 10.2 Å². The lowest BCUT2D eigenvalue weighted by molar-refractivity contribution is 0.0550. The average Bonchev–Trinajstić information content (AvgIpc) is 2.86. The molecule has 0 radical (unpaired) electrons. The van der Waals surface area contributed by atoms with E-state index in [1.54, 1.807) is 24.3 Å². The molecule has 0 saturated heterocycles. The first-order chi connectivity index (χ1) is 11.6. The van der Waals surface area contributed by atoms with Crippen LogP contribution in [0.2, 0.25) is 0 Å². The Kier molecular flexibility index (Phi) is 4.29. The maximum atomic E-state index is 12.6. The third-order valence-corrected chi connectivity index (χ3v) is 3.88. The number of hydrogen-bond acceptors (Lipinski definition) is 4. The molecule has 6 heteroatoms. The fourth-order valence-electron chi connectivity index (χ4n) is 2.73. The van der Waals surface area contributed by atoms with Crippen LogP contribution in [0.5, 0.6) is 0 Å². The molecule has 0 spiro atoms. The van der Waals surface area contributed by atoms with Gasteiger partial charge in [-0.2, -0.15) is 0 Å². The van der Waals surface area contributed by atoms with Crippen LogP contribution in [-0.2, 0) is 11.2 Å². The molecular formula is C18H16N2O4. The minimum Gasteiger partial charge on any atom is -0.453 e. The SMILES string of the molecule is COC(=O)NC(Cc1ccccc1)N1C(=O)c2ccccc2C1=O.